The van der Waals surface area contributed by atoms with Gasteiger partial charge in [-0.15, -0.1) is 0 Å². The minimum atomic E-state index is -0.630. The molecule has 154 valence electrons. The van der Waals surface area contributed by atoms with E-state index in [-0.39, 0.29) is 11.1 Å². The molecule has 2 aromatic carbocycles. The molecule has 7 heteroatoms. The fourth-order valence-electron chi connectivity index (χ4n) is 3.80. The van der Waals surface area contributed by atoms with Gasteiger partial charge in [-0.25, -0.2) is 9.78 Å². The molecule has 0 saturated carbocycles. The number of para-hydroxylation sites is 1. The molecule has 3 aromatic rings. The van der Waals surface area contributed by atoms with Gasteiger partial charge < -0.3 is 10.1 Å². The summed E-state index contributed by atoms with van der Waals surface area (Å²) in [7, 11) is 0. The van der Waals surface area contributed by atoms with Gasteiger partial charge >= 0.3 is 5.97 Å². The van der Waals surface area contributed by atoms with Crippen molar-refractivity contribution in [2.45, 2.75) is 39.7 Å². The smallest absolute Gasteiger partial charge is 0.338 e. The molecule has 0 spiro atoms. The number of aromatic nitrogens is 2. The van der Waals surface area contributed by atoms with E-state index >= 15 is 0 Å². The molecule has 0 saturated heterocycles. The van der Waals surface area contributed by atoms with Gasteiger partial charge in [0.15, 0.2) is 6.61 Å². The number of benzene rings is 2. The fourth-order valence-corrected chi connectivity index (χ4v) is 3.80. The summed E-state index contributed by atoms with van der Waals surface area (Å²) in [5, 5.41) is 3.30. The molecule has 7 nitrogen and oxygen atoms in total. The van der Waals surface area contributed by atoms with Crippen LogP contribution < -0.4 is 10.9 Å². The quantitative estimate of drug-likeness (QED) is 0.659. The van der Waals surface area contributed by atoms with Crippen molar-refractivity contribution in [3.05, 3.63) is 69.3 Å². The number of aryl methyl sites for hydroxylation is 3. The van der Waals surface area contributed by atoms with Gasteiger partial charge in [-0.1, -0.05) is 25.1 Å². The van der Waals surface area contributed by atoms with Gasteiger partial charge in [0, 0.05) is 18.7 Å². The lowest BCUT2D eigenvalue weighted by Gasteiger charge is -2.13. The Hall–Kier alpha value is -3.48. The monoisotopic (exact) mass is 405 g/mol. The van der Waals surface area contributed by atoms with Crippen LogP contribution in [-0.2, 0) is 28.9 Å². The lowest BCUT2D eigenvalue weighted by molar-refractivity contribution is -0.119. The SMILES string of the molecule is CCc1cccc(C)c1NC(=O)COC(=O)c1ccc2c(=O)n3c(nc2c1)CCC3. The van der Waals surface area contributed by atoms with Gasteiger partial charge in [0.2, 0.25) is 0 Å². The first kappa shape index (κ1) is 19.8. The topological polar surface area (TPSA) is 90.3 Å². The Morgan fingerprint density at radius 3 is 2.87 bits per heavy atom. The van der Waals surface area contributed by atoms with Crippen molar-refractivity contribution in [3.8, 4) is 0 Å². The van der Waals surface area contributed by atoms with Crippen molar-refractivity contribution in [1.29, 1.82) is 0 Å². The van der Waals surface area contributed by atoms with E-state index in [4.69, 9.17) is 4.74 Å². The molecule has 0 aliphatic carbocycles. The van der Waals surface area contributed by atoms with Gasteiger partial charge in [0.1, 0.15) is 5.82 Å². The zero-order chi connectivity index (χ0) is 21.3. The molecule has 0 atom stereocenters. The number of carbonyl (C=O) groups excluding carboxylic acids is 2. The van der Waals surface area contributed by atoms with Crippen LogP contribution in [-0.4, -0.2) is 28.0 Å². The van der Waals surface area contributed by atoms with E-state index in [1.54, 1.807) is 16.7 Å². The maximum Gasteiger partial charge on any atom is 0.338 e. The molecular formula is C23H23N3O4. The van der Waals surface area contributed by atoms with Gasteiger partial charge in [-0.2, -0.15) is 0 Å². The summed E-state index contributed by atoms with van der Waals surface area (Å²) in [6.45, 7) is 4.22. The molecule has 1 aromatic heterocycles. The number of esters is 1. The molecule has 2 heterocycles. The van der Waals surface area contributed by atoms with Gasteiger partial charge in [0.05, 0.1) is 16.5 Å². The first-order valence-corrected chi connectivity index (χ1v) is 10.1. The summed E-state index contributed by atoms with van der Waals surface area (Å²) in [4.78, 5) is 41.8. The van der Waals surface area contributed by atoms with Crippen LogP contribution in [0.15, 0.2) is 41.2 Å². The summed E-state index contributed by atoms with van der Waals surface area (Å²) in [5.41, 5.74) is 3.37. The average molecular weight is 405 g/mol. The zero-order valence-corrected chi connectivity index (χ0v) is 17.0. The highest BCUT2D eigenvalue weighted by Crippen LogP contribution is 2.21. The molecule has 4 rings (SSSR count). The Kier molecular flexibility index (Phi) is 5.35. The molecule has 0 radical (unpaired) electrons. The van der Waals surface area contributed by atoms with E-state index in [1.165, 1.54) is 6.07 Å². The van der Waals surface area contributed by atoms with Crippen LogP contribution in [0.5, 0.6) is 0 Å². The number of hydrogen-bond acceptors (Lipinski definition) is 5. The highest BCUT2D eigenvalue weighted by atomic mass is 16.5. The predicted octanol–water partition coefficient (Wildman–Crippen LogP) is 3.01. The lowest BCUT2D eigenvalue weighted by atomic mass is 10.1. The Morgan fingerprint density at radius 1 is 1.23 bits per heavy atom. The van der Waals surface area contributed by atoms with Crippen molar-refractivity contribution < 1.29 is 14.3 Å². The van der Waals surface area contributed by atoms with Crippen LogP contribution in [0.3, 0.4) is 0 Å². The molecule has 1 amide bonds. The number of nitrogens with zero attached hydrogens (tertiary/aromatic N) is 2. The van der Waals surface area contributed by atoms with E-state index in [9.17, 15) is 14.4 Å². The minimum Gasteiger partial charge on any atom is -0.452 e. The molecular weight excluding hydrogens is 382 g/mol. The predicted molar refractivity (Wildman–Crippen MR) is 114 cm³/mol. The number of anilines is 1. The third-order valence-electron chi connectivity index (χ3n) is 5.39. The first-order chi connectivity index (χ1) is 14.5. The molecule has 30 heavy (non-hydrogen) atoms. The number of ether oxygens (including phenoxy) is 1. The summed E-state index contributed by atoms with van der Waals surface area (Å²) in [6, 6.07) is 10.5. The van der Waals surface area contributed by atoms with E-state index in [0.717, 1.165) is 41.9 Å². The number of carbonyl (C=O) groups is 2. The Balaban J connectivity index is 1.47. The number of fused-ring (bicyclic) bond motifs is 2. The van der Waals surface area contributed by atoms with Crippen LogP contribution in [0.4, 0.5) is 5.69 Å². The summed E-state index contributed by atoms with van der Waals surface area (Å²) in [5.74, 6) is -0.292. The summed E-state index contributed by atoms with van der Waals surface area (Å²) < 4.78 is 6.87. The highest BCUT2D eigenvalue weighted by Gasteiger charge is 2.18. The standard InChI is InChI=1S/C23H23N3O4/c1-3-15-7-4-6-14(2)21(15)25-20(27)13-30-23(29)16-9-10-17-18(12-16)24-19-8-5-11-26(19)22(17)28/h4,6-7,9-10,12H,3,5,8,11,13H2,1-2H3,(H,25,27). The normalized spacial score (nSPS) is 12.6. The van der Waals surface area contributed by atoms with Crippen LogP contribution in [0, 0.1) is 6.92 Å². The van der Waals surface area contributed by atoms with Gasteiger partial charge in [0.25, 0.3) is 11.5 Å². The molecule has 1 N–H and O–H groups in total. The molecule has 0 unspecified atom stereocenters. The zero-order valence-electron chi connectivity index (χ0n) is 17.0. The van der Waals surface area contributed by atoms with Crippen LogP contribution >= 0.6 is 0 Å². The fraction of sp³-hybridized carbons (Fsp3) is 0.304. The van der Waals surface area contributed by atoms with Gasteiger partial charge in [-0.3, -0.25) is 14.2 Å². The second kappa shape index (κ2) is 8.10. The van der Waals surface area contributed by atoms with Crippen molar-refractivity contribution in [3.63, 3.8) is 0 Å². The second-order valence-electron chi connectivity index (χ2n) is 7.41. The highest BCUT2D eigenvalue weighted by molar-refractivity contribution is 5.98. The lowest BCUT2D eigenvalue weighted by Crippen LogP contribution is -2.22. The van der Waals surface area contributed by atoms with Crippen molar-refractivity contribution in [1.82, 2.24) is 9.55 Å². The average Bonchev–Trinajstić information content (AvgIpc) is 3.22. The summed E-state index contributed by atoms with van der Waals surface area (Å²) >= 11 is 0. The van der Waals surface area contributed by atoms with Crippen LogP contribution in [0.1, 0.15) is 40.7 Å². The molecule has 0 fully saturated rings. The van der Waals surface area contributed by atoms with Crippen molar-refractivity contribution >= 4 is 28.5 Å². The largest absolute Gasteiger partial charge is 0.452 e. The van der Waals surface area contributed by atoms with E-state index in [1.807, 2.05) is 32.0 Å². The number of nitrogens with one attached hydrogen (secondary N) is 1. The van der Waals surface area contributed by atoms with E-state index < -0.39 is 18.5 Å². The van der Waals surface area contributed by atoms with Gasteiger partial charge in [-0.05, 0) is 49.1 Å². The third-order valence-corrected chi connectivity index (χ3v) is 5.39. The molecule has 0 bridgehead atoms. The number of amides is 1. The second-order valence-corrected chi connectivity index (χ2v) is 7.41. The first-order valence-electron chi connectivity index (χ1n) is 10.1. The van der Waals surface area contributed by atoms with E-state index in [2.05, 4.69) is 10.3 Å². The number of rotatable bonds is 5. The Labute approximate surface area is 173 Å². The Bertz CT molecular complexity index is 1210. The van der Waals surface area contributed by atoms with Crippen molar-refractivity contribution in [2.75, 3.05) is 11.9 Å². The van der Waals surface area contributed by atoms with E-state index in [0.29, 0.717) is 17.4 Å². The molecule has 1 aliphatic rings. The maximum atomic E-state index is 12.5. The maximum absolute atomic E-state index is 12.5. The number of hydrogen-bond donors (Lipinski definition) is 1. The van der Waals surface area contributed by atoms with Crippen molar-refractivity contribution in [2.24, 2.45) is 0 Å². The third kappa shape index (κ3) is 3.70. The minimum absolute atomic E-state index is 0.0863. The van der Waals surface area contributed by atoms with Crippen LogP contribution in [0.2, 0.25) is 0 Å². The molecule has 1 aliphatic heterocycles. The Morgan fingerprint density at radius 2 is 2.07 bits per heavy atom. The van der Waals surface area contributed by atoms with Crippen LogP contribution in [0.25, 0.3) is 10.9 Å². The summed E-state index contributed by atoms with van der Waals surface area (Å²) in [6.07, 6.45) is 2.42.